The van der Waals surface area contributed by atoms with Gasteiger partial charge in [0, 0.05) is 6.54 Å². The van der Waals surface area contributed by atoms with Crippen LogP contribution in [0.25, 0.3) is 0 Å². The molecule has 0 aromatic heterocycles. The number of amides is 1. The number of nitro benzene ring substituents is 1. The SMILES string of the molecule is CC(C)CCNc1cc2c(cc1[N+](=O)[O-])OCC(=O)N2. The number of carbonyl (C=O) groups is 1. The molecule has 0 spiro atoms. The molecule has 0 aliphatic carbocycles. The van der Waals surface area contributed by atoms with Gasteiger partial charge in [-0.3, -0.25) is 14.9 Å². The van der Waals surface area contributed by atoms with Gasteiger partial charge < -0.3 is 15.4 Å². The molecular weight excluding hydrogens is 262 g/mol. The minimum Gasteiger partial charge on any atom is -0.481 e. The van der Waals surface area contributed by atoms with Gasteiger partial charge in [-0.05, 0) is 18.4 Å². The second kappa shape index (κ2) is 5.77. The van der Waals surface area contributed by atoms with Crippen molar-refractivity contribution in [1.82, 2.24) is 0 Å². The number of hydrogen-bond donors (Lipinski definition) is 2. The minimum absolute atomic E-state index is 0.0522. The molecule has 1 heterocycles. The topological polar surface area (TPSA) is 93.5 Å². The van der Waals surface area contributed by atoms with Gasteiger partial charge in [0.25, 0.3) is 11.6 Å². The molecule has 1 aliphatic heterocycles. The molecule has 0 saturated heterocycles. The summed E-state index contributed by atoms with van der Waals surface area (Å²) in [4.78, 5) is 21.9. The zero-order chi connectivity index (χ0) is 14.7. The molecule has 7 nitrogen and oxygen atoms in total. The Labute approximate surface area is 116 Å². The number of fused-ring (bicyclic) bond motifs is 1. The Morgan fingerprint density at radius 2 is 2.25 bits per heavy atom. The molecule has 108 valence electrons. The maximum atomic E-state index is 11.3. The molecule has 0 unspecified atom stereocenters. The lowest BCUT2D eigenvalue weighted by molar-refractivity contribution is -0.384. The number of ether oxygens (including phenoxy) is 1. The van der Waals surface area contributed by atoms with Gasteiger partial charge in [-0.1, -0.05) is 13.8 Å². The van der Waals surface area contributed by atoms with Crippen molar-refractivity contribution in [3.63, 3.8) is 0 Å². The summed E-state index contributed by atoms with van der Waals surface area (Å²) in [5.41, 5.74) is 0.794. The number of benzene rings is 1. The van der Waals surface area contributed by atoms with Crippen molar-refractivity contribution >= 4 is 23.0 Å². The first-order chi connectivity index (χ1) is 9.47. The summed E-state index contributed by atoms with van der Waals surface area (Å²) in [5, 5.41) is 16.8. The number of nitro groups is 1. The van der Waals surface area contributed by atoms with Crippen LogP contribution in [0.2, 0.25) is 0 Å². The molecule has 1 aromatic rings. The summed E-state index contributed by atoms with van der Waals surface area (Å²) in [6.45, 7) is 4.67. The van der Waals surface area contributed by atoms with E-state index in [4.69, 9.17) is 4.74 Å². The van der Waals surface area contributed by atoms with Crippen LogP contribution in [0.5, 0.6) is 5.75 Å². The highest BCUT2D eigenvalue weighted by Crippen LogP contribution is 2.37. The highest BCUT2D eigenvalue weighted by atomic mass is 16.6. The molecule has 1 aliphatic rings. The van der Waals surface area contributed by atoms with Gasteiger partial charge in [0.05, 0.1) is 16.7 Å². The van der Waals surface area contributed by atoms with Crippen LogP contribution in [0, 0.1) is 16.0 Å². The smallest absolute Gasteiger partial charge is 0.296 e. The maximum absolute atomic E-state index is 11.3. The average molecular weight is 279 g/mol. The minimum atomic E-state index is -0.461. The fourth-order valence-electron chi connectivity index (χ4n) is 1.90. The van der Waals surface area contributed by atoms with Gasteiger partial charge >= 0.3 is 0 Å². The van der Waals surface area contributed by atoms with Crippen LogP contribution >= 0.6 is 0 Å². The van der Waals surface area contributed by atoms with E-state index in [9.17, 15) is 14.9 Å². The van der Waals surface area contributed by atoms with Gasteiger partial charge in [-0.15, -0.1) is 0 Å². The Balaban J connectivity index is 2.26. The molecule has 0 bridgehead atoms. The van der Waals surface area contributed by atoms with E-state index >= 15 is 0 Å². The number of rotatable bonds is 5. The van der Waals surface area contributed by atoms with E-state index < -0.39 is 4.92 Å². The lowest BCUT2D eigenvalue weighted by Crippen LogP contribution is -2.25. The third kappa shape index (κ3) is 3.17. The molecule has 0 fully saturated rings. The number of anilines is 2. The zero-order valence-corrected chi connectivity index (χ0v) is 11.4. The van der Waals surface area contributed by atoms with Gasteiger partial charge in [-0.25, -0.2) is 0 Å². The Kier molecular flexibility index (Phi) is 4.07. The molecule has 2 N–H and O–H groups in total. The second-order valence-electron chi connectivity index (χ2n) is 5.07. The summed E-state index contributed by atoms with van der Waals surface area (Å²) in [5.74, 6) is 0.562. The maximum Gasteiger partial charge on any atom is 0.296 e. The summed E-state index contributed by atoms with van der Waals surface area (Å²) in [6.07, 6.45) is 0.900. The van der Waals surface area contributed by atoms with E-state index in [2.05, 4.69) is 24.5 Å². The van der Waals surface area contributed by atoms with Gasteiger partial charge in [0.2, 0.25) is 0 Å². The molecule has 1 aromatic carbocycles. The molecule has 7 heteroatoms. The van der Waals surface area contributed by atoms with Crippen LogP contribution in [-0.2, 0) is 4.79 Å². The Morgan fingerprint density at radius 3 is 2.90 bits per heavy atom. The van der Waals surface area contributed by atoms with Gasteiger partial charge in [-0.2, -0.15) is 0 Å². The van der Waals surface area contributed by atoms with E-state index in [-0.39, 0.29) is 18.2 Å². The van der Waals surface area contributed by atoms with Gasteiger partial charge in [0.1, 0.15) is 5.69 Å². The Bertz CT molecular complexity index is 543. The predicted octanol–water partition coefficient (Wildman–Crippen LogP) is 2.38. The van der Waals surface area contributed by atoms with Crippen molar-refractivity contribution < 1.29 is 14.5 Å². The van der Waals surface area contributed by atoms with Crippen molar-refractivity contribution in [2.24, 2.45) is 5.92 Å². The zero-order valence-electron chi connectivity index (χ0n) is 11.4. The standard InChI is InChI=1S/C13H17N3O4/c1-8(2)3-4-14-9-5-10-12(6-11(9)16(18)19)20-7-13(17)15-10/h5-6,8,14H,3-4,7H2,1-2H3,(H,15,17). The van der Waals surface area contributed by atoms with Crippen LogP contribution in [-0.4, -0.2) is 24.0 Å². The molecule has 0 saturated carbocycles. The number of carbonyl (C=O) groups excluding carboxylic acids is 1. The predicted molar refractivity (Wildman–Crippen MR) is 75.2 cm³/mol. The molecule has 2 rings (SSSR count). The van der Waals surface area contributed by atoms with E-state index in [1.165, 1.54) is 6.07 Å². The van der Waals surface area contributed by atoms with Crippen molar-refractivity contribution in [2.75, 3.05) is 23.8 Å². The number of nitrogens with zero attached hydrogens (tertiary/aromatic N) is 1. The monoisotopic (exact) mass is 279 g/mol. The molecule has 0 atom stereocenters. The first-order valence-electron chi connectivity index (χ1n) is 6.46. The summed E-state index contributed by atoms with van der Waals surface area (Å²) < 4.78 is 5.18. The molecule has 20 heavy (non-hydrogen) atoms. The van der Waals surface area contributed by atoms with Crippen molar-refractivity contribution in [1.29, 1.82) is 0 Å². The van der Waals surface area contributed by atoms with Crippen LogP contribution in [0.1, 0.15) is 20.3 Å². The quantitative estimate of drug-likeness (QED) is 0.637. The van der Waals surface area contributed by atoms with Crippen LogP contribution < -0.4 is 15.4 Å². The average Bonchev–Trinajstić information content (AvgIpc) is 2.37. The highest BCUT2D eigenvalue weighted by molar-refractivity contribution is 5.96. The van der Waals surface area contributed by atoms with E-state index in [0.29, 0.717) is 29.6 Å². The highest BCUT2D eigenvalue weighted by Gasteiger charge is 2.23. The van der Waals surface area contributed by atoms with Crippen LogP contribution in [0.4, 0.5) is 17.1 Å². The van der Waals surface area contributed by atoms with Gasteiger partial charge in [0.15, 0.2) is 12.4 Å². The lowest BCUT2D eigenvalue weighted by atomic mass is 10.1. The van der Waals surface area contributed by atoms with E-state index in [1.54, 1.807) is 6.07 Å². The van der Waals surface area contributed by atoms with E-state index in [0.717, 1.165) is 6.42 Å². The third-order valence-corrected chi connectivity index (χ3v) is 2.96. The third-order valence-electron chi connectivity index (χ3n) is 2.96. The fraction of sp³-hybridized carbons (Fsp3) is 0.462. The number of nitrogens with one attached hydrogen (secondary N) is 2. The van der Waals surface area contributed by atoms with Crippen molar-refractivity contribution in [3.8, 4) is 5.75 Å². The largest absolute Gasteiger partial charge is 0.481 e. The Morgan fingerprint density at radius 1 is 1.50 bits per heavy atom. The first-order valence-corrected chi connectivity index (χ1v) is 6.46. The van der Waals surface area contributed by atoms with Crippen molar-refractivity contribution in [2.45, 2.75) is 20.3 Å². The summed E-state index contributed by atoms with van der Waals surface area (Å²) in [7, 11) is 0. The van der Waals surface area contributed by atoms with E-state index in [1.807, 2.05) is 0 Å². The van der Waals surface area contributed by atoms with Crippen LogP contribution in [0.3, 0.4) is 0 Å². The fourth-order valence-corrected chi connectivity index (χ4v) is 1.90. The lowest BCUT2D eigenvalue weighted by Gasteiger charge is -2.19. The van der Waals surface area contributed by atoms with Crippen LogP contribution in [0.15, 0.2) is 12.1 Å². The first kappa shape index (κ1) is 14.1. The van der Waals surface area contributed by atoms with Crippen molar-refractivity contribution in [3.05, 3.63) is 22.2 Å². The second-order valence-corrected chi connectivity index (χ2v) is 5.07. The molecule has 1 amide bonds. The summed E-state index contributed by atoms with van der Waals surface area (Å²) >= 11 is 0. The molecular formula is C13H17N3O4. The number of hydrogen-bond acceptors (Lipinski definition) is 5. The summed E-state index contributed by atoms with van der Waals surface area (Å²) in [6, 6.07) is 2.89. The normalized spacial score (nSPS) is 13.4. The Hall–Kier alpha value is -2.31. The molecule has 0 radical (unpaired) electrons.